The summed E-state index contributed by atoms with van der Waals surface area (Å²) in [5, 5.41) is 3.64. The van der Waals surface area contributed by atoms with Crippen molar-refractivity contribution in [1.29, 1.82) is 0 Å². The van der Waals surface area contributed by atoms with Crippen molar-refractivity contribution >= 4 is 0 Å². The topological polar surface area (TPSA) is 18.5 Å². The van der Waals surface area contributed by atoms with Crippen LogP contribution in [0.25, 0.3) is 0 Å². The largest absolute Gasteiger partial charge is 0.316 e. The Labute approximate surface area is 126 Å². The Balaban J connectivity index is 1.92. The number of nitrogens with one attached hydrogen (secondary N) is 1. The third kappa shape index (κ3) is 3.55. The molecule has 3 heteroatoms. The lowest BCUT2D eigenvalue weighted by molar-refractivity contribution is 0.0106. The van der Waals surface area contributed by atoms with Gasteiger partial charge in [0.1, 0.15) is 0 Å². The molecular weight excluding hydrogens is 246 g/mol. The first-order valence-corrected chi connectivity index (χ1v) is 8.59. The van der Waals surface area contributed by atoms with Gasteiger partial charge in [-0.05, 0) is 71.6 Å². The van der Waals surface area contributed by atoms with Gasteiger partial charge in [-0.2, -0.15) is 0 Å². The fraction of sp³-hybridized carbons (Fsp3) is 1.00. The average Bonchev–Trinajstić information content (AvgIpc) is 2.34. The highest BCUT2D eigenvalue weighted by Gasteiger charge is 2.41. The van der Waals surface area contributed by atoms with Crippen LogP contribution in [0, 0.1) is 5.41 Å². The van der Waals surface area contributed by atoms with Gasteiger partial charge in [-0.3, -0.25) is 0 Å². The van der Waals surface area contributed by atoms with E-state index in [1.807, 2.05) is 0 Å². The molecule has 0 amide bonds. The van der Waals surface area contributed by atoms with Gasteiger partial charge in [0.15, 0.2) is 0 Å². The zero-order valence-electron chi connectivity index (χ0n) is 14.2. The van der Waals surface area contributed by atoms with Crippen molar-refractivity contribution < 1.29 is 0 Å². The lowest BCUT2D eigenvalue weighted by Crippen LogP contribution is -2.58. The van der Waals surface area contributed by atoms with Crippen LogP contribution in [0.3, 0.4) is 0 Å². The fourth-order valence-corrected chi connectivity index (χ4v) is 4.45. The van der Waals surface area contributed by atoms with Gasteiger partial charge >= 0.3 is 0 Å². The molecule has 0 spiro atoms. The van der Waals surface area contributed by atoms with E-state index in [1.54, 1.807) is 0 Å². The zero-order chi connectivity index (χ0) is 14.6. The SMILES string of the molecule is CCCC1(CN(C)CC2(N(C)C)CCC2)CCCNC1. The van der Waals surface area contributed by atoms with Crippen LogP contribution in [0.15, 0.2) is 0 Å². The summed E-state index contributed by atoms with van der Waals surface area (Å²) in [5.41, 5.74) is 0.989. The summed E-state index contributed by atoms with van der Waals surface area (Å²) in [6, 6.07) is 0. The van der Waals surface area contributed by atoms with Crippen LogP contribution in [0.2, 0.25) is 0 Å². The molecule has 1 atom stereocenters. The van der Waals surface area contributed by atoms with E-state index >= 15 is 0 Å². The van der Waals surface area contributed by atoms with E-state index in [0.29, 0.717) is 11.0 Å². The summed E-state index contributed by atoms with van der Waals surface area (Å²) in [7, 11) is 6.86. The highest BCUT2D eigenvalue weighted by atomic mass is 15.2. The lowest BCUT2D eigenvalue weighted by atomic mass is 9.73. The molecule has 20 heavy (non-hydrogen) atoms. The van der Waals surface area contributed by atoms with Crippen molar-refractivity contribution in [3.05, 3.63) is 0 Å². The minimum absolute atomic E-state index is 0.463. The lowest BCUT2D eigenvalue weighted by Gasteiger charge is -2.51. The third-order valence-corrected chi connectivity index (χ3v) is 5.74. The molecule has 1 N–H and O–H groups in total. The second-order valence-electron chi connectivity index (χ2n) is 7.67. The van der Waals surface area contributed by atoms with Crippen molar-refractivity contribution in [2.45, 2.75) is 57.4 Å². The van der Waals surface area contributed by atoms with Crippen LogP contribution < -0.4 is 5.32 Å². The van der Waals surface area contributed by atoms with E-state index in [1.165, 1.54) is 71.1 Å². The molecular formula is C17H35N3. The third-order valence-electron chi connectivity index (χ3n) is 5.74. The molecule has 2 rings (SSSR count). The van der Waals surface area contributed by atoms with E-state index < -0.39 is 0 Å². The van der Waals surface area contributed by atoms with Gasteiger partial charge in [0.2, 0.25) is 0 Å². The predicted molar refractivity (Wildman–Crippen MR) is 87.2 cm³/mol. The van der Waals surface area contributed by atoms with Crippen LogP contribution in [-0.2, 0) is 0 Å². The van der Waals surface area contributed by atoms with E-state index in [-0.39, 0.29) is 0 Å². The molecule has 0 radical (unpaired) electrons. The molecule has 1 heterocycles. The van der Waals surface area contributed by atoms with Crippen molar-refractivity contribution in [2.24, 2.45) is 5.41 Å². The Morgan fingerprint density at radius 1 is 1.00 bits per heavy atom. The first-order valence-electron chi connectivity index (χ1n) is 8.59. The minimum Gasteiger partial charge on any atom is -0.316 e. The van der Waals surface area contributed by atoms with Crippen LogP contribution in [0.4, 0.5) is 0 Å². The Morgan fingerprint density at radius 2 is 1.75 bits per heavy atom. The van der Waals surface area contributed by atoms with Crippen molar-refractivity contribution in [2.75, 3.05) is 47.3 Å². The minimum atomic E-state index is 0.463. The number of hydrogen-bond acceptors (Lipinski definition) is 3. The molecule has 1 unspecified atom stereocenters. The Kier molecular flexibility index (Phi) is 5.49. The van der Waals surface area contributed by atoms with Crippen molar-refractivity contribution in [1.82, 2.24) is 15.1 Å². The van der Waals surface area contributed by atoms with Crippen LogP contribution in [0.5, 0.6) is 0 Å². The Morgan fingerprint density at radius 3 is 2.20 bits per heavy atom. The maximum absolute atomic E-state index is 3.64. The van der Waals surface area contributed by atoms with Crippen LogP contribution in [0.1, 0.15) is 51.9 Å². The van der Waals surface area contributed by atoms with E-state index in [0.717, 1.165) is 0 Å². The Bertz CT molecular complexity index is 285. The molecule has 3 nitrogen and oxygen atoms in total. The second-order valence-corrected chi connectivity index (χ2v) is 7.67. The Hall–Kier alpha value is -0.120. The van der Waals surface area contributed by atoms with E-state index in [2.05, 4.69) is 43.2 Å². The number of piperidine rings is 1. The highest BCUT2D eigenvalue weighted by Crippen LogP contribution is 2.38. The maximum atomic E-state index is 3.64. The molecule has 0 aromatic heterocycles. The average molecular weight is 281 g/mol. The van der Waals surface area contributed by atoms with Gasteiger partial charge < -0.3 is 15.1 Å². The van der Waals surface area contributed by atoms with Crippen molar-refractivity contribution in [3.63, 3.8) is 0 Å². The van der Waals surface area contributed by atoms with Gasteiger partial charge in [-0.15, -0.1) is 0 Å². The smallest absolute Gasteiger partial charge is 0.0330 e. The van der Waals surface area contributed by atoms with E-state index in [9.17, 15) is 0 Å². The summed E-state index contributed by atoms with van der Waals surface area (Å²) in [5.74, 6) is 0. The van der Waals surface area contributed by atoms with Gasteiger partial charge in [-0.1, -0.05) is 13.3 Å². The standard InChI is InChI=1S/C17H35N3/c1-5-8-16(9-7-12-18-13-16)14-20(4)15-17(19(2)3)10-6-11-17/h18H,5-15H2,1-4H3. The number of likely N-dealkylation sites (N-methyl/N-ethyl adjacent to an activating group) is 2. The quantitative estimate of drug-likeness (QED) is 0.774. The summed E-state index contributed by atoms with van der Waals surface area (Å²) in [4.78, 5) is 5.10. The first kappa shape index (κ1) is 16.3. The van der Waals surface area contributed by atoms with Crippen molar-refractivity contribution in [3.8, 4) is 0 Å². The number of rotatable bonds is 7. The van der Waals surface area contributed by atoms with E-state index in [4.69, 9.17) is 0 Å². The van der Waals surface area contributed by atoms with Gasteiger partial charge in [0.25, 0.3) is 0 Å². The van der Waals surface area contributed by atoms with Crippen LogP contribution >= 0.6 is 0 Å². The molecule has 118 valence electrons. The highest BCUT2D eigenvalue weighted by molar-refractivity contribution is 4.99. The first-order chi connectivity index (χ1) is 9.52. The summed E-state index contributed by atoms with van der Waals surface area (Å²) >= 11 is 0. The second kappa shape index (κ2) is 6.76. The molecule has 0 aromatic carbocycles. The molecule has 0 aromatic rings. The molecule has 1 saturated heterocycles. The molecule has 2 fully saturated rings. The summed E-state index contributed by atoms with van der Waals surface area (Å²) in [6.45, 7) is 7.29. The normalized spacial score (nSPS) is 29.7. The fourth-order valence-electron chi connectivity index (χ4n) is 4.45. The summed E-state index contributed by atoms with van der Waals surface area (Å²) in [6.07, 6.45) is 9.62. The number of hydrogen-bond donors (Lipinski definition) is 1. The molecule has 1 aliphatic heterocycles. The van der Waals surface area contributed by atoms with Gasteiger partial charge in [-0.25, -0.2) is 0 Å². The summed E-state index contributed by atoms with van der Waals surface area (Å²) < 4.78 is 0. The molecule has 1 aliphatic carbocycles. The monoisotopic (exact) mass is 281 g/mol. The van der Waals surface area contributed by atoms with Gasteiger partial charge in [0.05, 0.1) is 0 Å². The zero-order valence-corrected chi connectivity index (χ0v) is 14.2. The van der Waals surface area contributed by atoms with Gasteiger partial charge in [0, 0.05) is 25.2 Å². The molecule has 0 bridgehead atoms. The maximum Gasteiger partial charge on any atom is 0.0330 e. The molecule has 1 saturated carbocycles. The predicted octanol–water partition coefficient (Wildman–Crippen LogP) is 2.57. The van der Waals surface area contributed by atoms with Crippen LogP contribution in [-0.4, -0.2) is 62.7 Å². The molecule has 2 aliphatic rings. The number of nitrogens with zero attached hydrogens (tertiary/aromatic N) is 2.